The van der Waals surface area contributed by atoms with Crippen LogP contribution in [0.25, 0.3) is 22.2 Å². The molecule has 3 aromatic rings. The van der Waals surface area contributed by atoms with Crippen LogP contribution in [-0.4, -0.2) is 19.9 Å². The summed E-state index contributed by atoms with van der Waals surface area (Å²) in [7, 11) is 0. The summed E-state index contributed by atoms with van der Waals surface area (Å²) >= 11 is 4.27. The van der Waals surface area contributed by atoms with Gasteiger partial charge in [-0.1, -0.05) is 30.3 Å². The lowest BCUT2D eigenvalue weighted by molar-refractivity contribution is 0.477. The first-order valence-electron chi connectivity index (χ1n) is 6.16. The van der Waals surface area contributed by atoms with Crippen molar-refractivity contribution in [1.29, 1.82) is 0 Å². The number of thiol groups is 1. The van der Waals surface area contributed by atoms with E-state index in [9.17, 15) is 5.11 Å². The van der Waals surface area contributed by atoms with Crippen LogP contribution in [0.1, 0.15) is 0 Å². The number of rotatable bonds is 3. The molecule has 0 saturated carbocycles. The molecule has 0 fully saturated rings. The van der Waals surface area contributed by atoms with Crippen molar-refractivity contribution in [3.8, 4) is 17.1 Å². The standard InChI is InChI=1S/C15H13N3OS/c1-2-7-18-14(16-17-15(18)20)12-8-10-5-3-4-6-11(10)9-13(12)19/h2-6,8-9,19H,1,7H2,(H,17,20). The van der Waals surface area contributed by atoms with Crippen LogP contribution in [0.3, 0.4) is 0 Å². The number of hydrogen-bond acceptors (Lipinski definition) is 4. The van der Waals surface area contributed by atoms with Crippen LogP contribution in [0.4, 0.5) is 0 Å². The van der Waals surface area contributed by atoms with Crippen molar-refractivity contribution in [3.63, 3.8) is 0 Å². The van der Waals surface area contributed by atoms with Gasteiger partial charge < -0.3 is 5.11 Å². The van der Waals surface area contributed by atoms with Crippen molar-refractivity contribution in [2.24, 2.45) is 0 Å². The maximum Gasteiger partial charge on any atom is 0.188 e. The number of fused-ring (bicyclic) bond motifs is 1. The first-order valence-corrected chi connectivity index (χ1v) is 6.60. The van der Waals surface area contributed by atoms with Gasteiger partial charge in [-0.2, -0.15) is 0 Å². The number of aromatic nitrogens is 3. The molecule has 3 rings (SSSR count). The Morgan fingerprint density at radius 2 is 1.90 bits per heavy atom. The molecule has 1 aromatic heterocycles. The van der Waals surface area contributed by atoms with Crippen molar-refractivity contribution >= 4 is 23.4 Å². The molecule has 0 aliphatic heterocycles. The van der Waals surface area contributed by atoms with Gasteiger partial charge >= 0.3 is 0 Å². The van der Waals surface area contributed by atoms with Gasteiger partial charge in [0.05, 0.1) is 5.56 Å². The molecule has 5 heteroatoms. The fourth-order valence-corrected chi connectivity index (χ4v) is 2.42. The summed E-state index contributed by atoms with van der Waals surface area (Å²) in [5.74, 6) is 0.757. The Morgan fingerprint density at radius 3 is 2.60 bits per heavy atom. The van der Waals surface area contributed by atoms with E-state index in [-0.39, 0.29) is 5.75 Å². The van der Waals surface area contributed by atoms with E-state index in [2.05, 4.69) is 29.4 Å². The normalized spacial score (nSPS) is 10.8. The van der Waals surface area contributed by atoms with E-state index in [4.69, 9.17) is 0 Å². The third kappa shape index (κ3) is 2.06. The predicted molar refractivity (Wildman–Crippen MR) is 82.1 cm³/mol. The minimum atomic E-state index is 0.176. The van der Waals surface area contributed by atoms with Crippen LogP contribution in [0, 0.1) is 0 Å². The van der Waals surface area contributed by atoms with Crippen LogP contribution in [0.15, 0.2) is 54.2 Å². The Balaban J connectivity index is 2.24. The second kappa shape index (κ2) is 5.02. The van der Waals surface area contributed by atoms with E-state index >= 15 is 0 Å². The highest BCUT2D eigenvalue weighted by Crippen LogP contribution is 2.33. The molecule has 1 N–H and O–H groups in total. The van der Waals surface area contributed by atoms with Gasteiger partial charge in [0.2, 0.25) is 0 Å². The molecule has 0 bridgehead atoms. The van der Waals surface area contributed by atoms with Gasteiger partial charge in [0.25, 0.3) is 0 Å². The smallest absolute Gasteiger partial charge is 0.188 e. The molecular weight excluding hydrogens is 270 g/mol. The van der Waals surface area contributed by atoms with Crippen molar-refractivity contribution < 1.29 is 5.11 Å². The van der Waals surface area contributed by atoms with E-state index in [0.29, 0.717) is 23.1 Å². The second-order valence-electron chi connectivity index (χ2n) is 4.44. The van der Waals surface area contributed by atoms with Crippen molar-refractivity contribution in [1.82, 2.24) is 14.8 Å². The molecule has 0 aliphatic rings. The molecule has 0 unspecified atom stereocenters. The van der Waals surface area contributed by atoms with Crippen LogP contribution in [0.2, 0.25) is 0 Å². The number of benzene rings is 2. The summed E-state index contributed by atoms with van der Waals surface area (Å²) in [6, 6.07) is 11.5. The second-order valence-corrected chi connectivity index (χ2v) is 4.84. The first-order chi connectivity index (χ1) is 9.70. The van der Waals surface area contributed by atoms with E-state index < -0.39 is 0 Å². The molecule has 20 heavy (non-hydrogen) atoms. The van der Waals surface area contributed by atoms with Gasteiger partial charge in [-0.05, 0) is 22.9 Å². The Bertz CT molecular complexity index is 795. The number of aromatic hydroxyl groups is 1. The number of allylic oxidation sites excluding steroid dienone is 1. The molecule has 0 aliphatic carbocycles. The van der Waals surface area contributed by atoms with E-state index in [0.717, 1.165) is 10.8 Å². The third-order valence-electron chi connectivity index (χ3n) is 3.15. The van der Waals surface area contributed by atoms with E-state index in [1.165, 1.54) is 0 Å². The monoisotopic (exact) mass is 283 g/mol. The minimum absolute atomic E-state index is 0.176. The zero-order chi connectivity index (χ0) is 14.1. The van der Waals surface area contributed by atoms with Crippen LogP contribution in [0.5, 0.6) is 5.75 Å². The molecule has 4 nitrogen and oxygen atoms in total. The highest BCUT2D eigenvalue weighted by Gasteiger charge is 2.15. The van der Waals surface area contributed by atoms with Crippen molar-refractivity contribution in [3.05, 3.63) is 49.1 Å². The van der Waals surface area contributed by atoms with Gasteiger partial charge in [0.1, 0.15) is 5.75 Å². The largest absolute Gasteiger partial charge is 0.507 e. The van der Waals surface area contributed by atoms with Crippen molar-refractivity contribution in [2.75, 3.05) is 0 Å². The Labute approximate surface area is 121 Å². The lowest BCUT2D eigenvalue weighted by Crippen LogP contribution is -1.99. The summed E-state index contributed by atoms with van der Waals surface area (Å²) in [4.78, 5) is 0. The van der Waals surface area contributed by atoms with Gasteiger partial charge in [0.15, 0.2) is 11.0 Å². The highest BCUT2D eigenvalue weighted by atomic mass is 32.1. The fraction of sp³-hybridized carbons (Fsp3) is 0.0667. The van der Waals surface area contributed by atoms with Gasteiger partial charge in [-0.25, -0.2) is 0 Å². The first kappa shape index (κ1) is 12.7. The van der Waals surface area contributed by atoms with Crippen molar-refractivity contribution in [2.45, 2.75) is 11.7 Å². The zero-order valence-electron chi connectivity index (χ0n) is 10.7. The molecule has 0 spiro atoms. The summed E-state index contributed by atoms with van der Waals surface area (Å²) in [6.07, 6.45) is 1.74. The van der Waals surface area contributed by atoms with E-state index in [1.807, 2.05) is 30.3 Å². The van der Waals surface area contributed by atoms with Crippen LogP contribution >= 0.6 is 12.6 Å². The molecule has 2 aromatic carbocycles. The van der Waals surface area contributed by atoms with Gasteiger partial charge in [0, 0.05) is 6.54 Å². The predicted octanol–water partition coefficient (Wildman–Crippen LogP) is 3.28. The SMILES string of the molecule is C=CCn1c(S)nnc1-c1cc2ccccc2cc1O. The summed E-state index contributed by atoms with van der Waals surface area (Å²) in [6.45, 7) is 4.25. The van der Waals surface area contributed by atoms with Gasteiger partial charge in [-0.3, -0.25) is 4.57 Å². The number of phenolic OH excluding ortho intramolecular Hbond substituents is 1. The number of hydrogen-bond donors (Lipinski definition) is 2. The molecule has 0 radical (unpaired) electrons. The topological polar surface area (TPSA) is 50.9 Å². The average molecular weight is 283 g/mol. The lowest BCUT2D eigenvalue weighted by Gasteiger charge is -2.08. The van der Waals surface area contributed by atoms with Crippen LogP contribution < -0.4 is 0 Å². The summed E-state index contributed by atoms with van der Waals surface area (Å²) in [5.41, 5.74) is 0.637. The highest BCUT2D eigenvalue weighted by molar-refractivity contribution is 7.80. The third-order valence-corrected chi connectivity index (χ3v) is 3.48. The minimum Gasteiger partial charge on any atom is -0.507 e. The zero-order valence-corrected chi connectivity index (χ0v) is 11.6. The molecular formula is C15H13N3OS. The summed E-state index contributed by atoms with van der Waals surface area (Å²) in [5, 5.41) is 20.8. The Kier molecular flexibility index (Phi) is 3.20. The number of nitrogens with zero attached hydrogens (tertiary/aromatic N) is 3. The molecule has 1 heterocycles. The number of phenols is 1. The van der Waals surface area contributed by atoms with E-state index in [1.54, 1.807) is 16.7 Å². The molecule has 100 valence electrons. The Morgan fingerprint density at radius 1 is 1.20 bits per heavy atom. The molecule has 0 amide bonds. The average Bonchev–Trinajstić information content (AvgIpc) is 2.80. The lowest BCUT2D eigenvalue weighted by atomic mass is 10.1. The molecule has 0 atom stereocenters. The quantitative estimate of drug-likeness (QED) is 0.573. The summed E-state index contributed by atoms with van der Waals surface area (Å²) < 4.78 is 1.79. The van der Waals surface area contributed by atoms with Crippen LogP contribution in [-0.2, 0) is 6.54 Å². The maximum atomic E-state index is 10.2. The van der Waals surface area contributed by atoms with Gasteiger partial charge in [-0.15, -0.1) is 29.4 Å². The Hall–Kier alpha value is -2.27. The fourth-order valence-electron chi connectivity index (χ4n) is 2.20. The maximum absolute atomic E-state index is 10.2. The molecule has 0 saturated heterocycles.